The van der Waals surface area contributed by atoms with E-state index in [-0.39, 0.29) is 81.5 Å². The summed E-state index contributed by atoms with van der Waals surface area (Å²) in [5.41, 5.74) is 17.9. The second-order valence-corrected chi connectivity index (χ2v) is 26.0. The third kappa shape index (κ3) is 24.3. The Kier molecular flexibility index (Phi) is 32.7. The van der Waals surface area contributed by atoms with Gasteiger partial charge in [0, 0.05) is 55.9 Å². The molecule has 3 heterocycles. The fourth-order valence-electron chi connectivity index (χ4n) is 11.0. The summed E-state index contributed by atoms with van der Waals surface area (Å²) in [6.07, 6.45) is 5.50. The van der Waals surface area contributed by atoms with Gasteiger partial charge in [-0.2, -0.15) is 25.3 Å². The summed E-state index contributed by atoms with van der Waals surface area (Å²) in [6, 6.07) is -5.58. The van der Waals surface area contributed by atoms with Crippen LogP contribution in [-0.2, 0) is 70.4 Å². The van der Waals surface area contributed by atoms with Gasteiger partial charge >= 0.3 is 5.97 Å². The summed E-state index contributed by atoms with van der Waals surface area (Å²) < 4.78 is 0. The molecule has 0 unspecified atom stereocenters. The summed E-state index contributed by atoms with van der Waals surface area (Å²) in [5.74, 6) is -11.0. The number of imidazole rings is 1. The Bertz CT molecular complexity index is 2960. The molecule has 4 rings (SSSR count). The Morgan fingerprint density at radius 1 is 0.611 bits per heavy atom. The number of aromatic amines is 1. The first-order valence-electron chi connectivity index (χ1n) is 32.6. The number of aromatic nitrogens is 2. The van der Waals surface area contributed by atoms with Crippen molar-refractivity contribution in [1.82, 2.24) is 67.6 Å². The molecule has 11 amide bonds. The predicted octanol–water partition coefficient (Wildman–Crippen LogP) is -1.32. The zero-order valence-electron chi connectivity index (χ0n) is 55.9. The van der Waals surface area contributed by atoms with Gasteiger partial charge in [0.25, 0.3) is 0 Å². The lowest BCUT2D eigenvalue weighted by Gasteiger charge is -2.34. The molecule has 0 spiro atoms. The second kappa shape index (κ2) is 39.1. The smallest absolute Gasteiger partial charge is 0.326 e. The van der Waals surface area contributed by atoms with Crippen molar-refractivity contribution < 1.29 is 62.6 Å². The van der Waals surface area contributed by atoms with Gasteiger partial charge in [0.2, 0.25) is 65.0 Å². The number of carbonyl (C=O) groups is 12. The molecule has 17 N–H and O–H groups in total. The molecule has 2 aliphatic heterocycles. The highest BCUT2D eigenvalue weighted by atomic mass is 32.1. The predicted molar refractivity (Wildman–Crippen MR) is 361 cm³/mol. The number of benzene rings is 1. The number of nitrogens with zero attached hydrogens (tertiary/aromatic N) is 4. The lowest BCUT2D eigenvalue weighted by atomic mass is 9.96. The number of thiol groups is 2. The number of carboxylic acids is 1. The number of aliphatic imine (C=N–C) groups is 1. The number of likely N-dealkylation sites (tertiary alicyclic amines) is 2. The number of nitrogens with two attached hydrogens (primary N) is 3. The van der Waals surface area contributed by atoms with E-state index in [2.05, 4.69) is 88.1 Å². The van der Waals surface area contributed by atoms with Gasteiger partial charge in [0.15, 0.2) is 5.96 Å². The number of aliphatic carboxylic acids is 1. The lowest BCUT2D eigenvalue weighted by Crippen LogP contribution is -2.61. The van der Waals surface area contributed by atoms with E-state index in [0.29, 0.717) is 43.4 Å². The zero-order chi connectivity index (χ0) is 70.8. The number of nitrogens with one attached hydrogen (secondary N) is 10. The first kappa shape index (κ1) is 79.4. The summed E-state index contributed by atoms with van der Waals surface area (Å²) >= 11 is 8.57. The number of carboxylic acid groups (broad SMARTS) is 1. The van der Waals surface area contributed by atoms with Crippen LogP contribution in [0.15, 0.2) is 47.8 Å². The SMILES string of the molecule is CC[C@H](C)[C@H](NC(=O)[C@@H]1CCCN1C(=O)[C@H](CC(C)C)NC(=O)[C@@H]1CCCN1C(=O)[C@@H](NC(=O)[C@H](C)NC(=O)[C@H](Cc1ccccc1)NC(=O)[C@H](CS)NC(=O)[C@@H](NC(=O)[C@@H](N)CCCN=C(N)N)C(C)C)[C@@H](C)CC)C(=O)N[C@@H](CS)C(=O)N[C@@H](Cc1cnc[nH]1)C(=O)O. The van der Waals surface area contributed by atoms with E-state index < -0.39 is 161 Å². The quantitative estimate of drug-likeness (QED) is 0.0160. The molecule has 2 aliphatic rings. The van der Waals surface area contributed by atoms with E-state index >= 15 is 0 Å². The Morgan fingerprint density at radius 3 is 1.64 bits per heavy atom. The van der Waals surface area contributed by atoms with Crippen LogP contribution >= 0.6 is 25.3 Å². The summed E-state index contributed by atoms with van der Waals surface area (Å²) in [7, 11) is 0. The van der Waals surface area contributed by atoms with Gasteiger partial charge in [-0.1, -0.05) is 98.6 Å². The van der Waals surface area contributed by atoms with Crippen LogP contribution in [0.1, 0.15) is 131 Å². The molecule has 30 nitrogen and oxygen atoms in total. The van der Waals surface area contributed by atoms with Crippen LogP contribution in [0.25, 0.3) is 0 Å². The normalized spacial score (nSPS) is 18.3. The van der Waals surface area contributed by atoms with Gasteiger partial charge in [-0.05, 0) is 81.1 Å². The molecule has 2 fully saturated rings. The largest absolute Gasteiger partial charge is 0.480 e. The van der Waals surface area contributed by atoms with E-state index in [1.165, 1.54) is 29.2 Å². The van der Waals surface area contributed by atoms with Crippen molar-refractivity contribution in [2.45, 2.75) is 205 Å². The second-order valence-electron chi connectivity index (χ2n) is 25.2. The highest BCUT2D eigenvalue weighted by molar-refractivity contribution is 7.80. The Hall–Kier alpha value is -8.00. The molecule has 1 aromatic carbocycles. The average molecular weight is 1370 g/mol. The van der Waals surface area contributed by atoms with Crippen LogP contribution in [-0.4, -0.2) is 205 Å². The molecule has 0 saturated carbocycles. The molecule has 0 bridgehead atoms. The number of hydrogen-bond acceptors (Lipinski definition) is 17. The molecular weight excluding hydrogens is 1270 g/mol. The third-order valence-electron chi connectivity index (χ3n) is 17.0. The molecule has 2 saturated heterocycles. The van der Waals surface area contributed by atoms with Crippen LogP contribution in [0.5, 0.6) is 0 Å². The van der Waals surface area contributed by atoms with Crippen LogP contribution in [0.2, 0.25) is 0 Å². The minimum Gasteiger partial charge on any atom is -0.480 e. The number of hydrogen-bond donors (Lipinski definition) is 16. The minimum absolute atomic E-state index is 0.0493. The fraction of sp³-hybridized carbons (Fsp3) is 0.651. The van der Waals surface area contributed by atoms with Crippen LogP contribution in [0.4, 0.5) is 0 Å². The van der Waals surface area contributed by atoms with Crippen molar-refractivity contribution in [2.75, 3.05) is 31.1 Å². The molecule has 0 aliphatic carbocycles. The van der Waals surface area contributed by atoms with Crippen molar-refractivity contribution in [1.29, 1.82) is 0 Å². The Morgan fingerprint density at radius 2 is 1.13 bits per heavy atom. The molecule has 1 aromatic heterocycles. The standard InChI is InChI=1S/C63H101N17O13S2/c1-10-35(7)49(59(89)75-45(31-95)55(85)73-43(62(92)93)28-39-29-67-32-69-39)77-57(87)47-22-16-24-79(47)60(90)42(26-33(3)4)72-56(86)46-21-17-25-80(46)61(91)50(36(8)11-2)78-51(81)37(9)70-53(83)41(27-38-18-13-12-14-19-38)71-54(84)44(30-94)74-58(88)48(34(5)6)76-52(82)40(64)20-15-23-68-63(65)66/h12-14,18-19,29,32-37,40-50,94-95H,10-11,15-17,20-28,30-31,64H2,1-9H3,(H,67,69)(H,70,83)(H,71,84)(H,72,86)(H,73,85)(H,74,88)(H,75,89)(H,76,82)(H,77,87)(H,78,81)(H,92,93)(H4,65,66,68)/t35-,36-,37-,40-,41-,42-,43-,44-,45-,46-,47-,48-,49-,50-/m0/s1. The van der Waals surface area contributed by atoms with Crippen LogP contribution < -0.4 is 65.1 Å². The highest BCUT2D eigenvalue weighted by Crippen LogP contribution is 2.25. The summed E-state index contributed by atoms with van der Waals surface area (Å²) in [5, 5.41) is 34.0. The van der Waals surface area contributed by atoms with Crippen molar-refractivity contribution in [3.8, 4) is 0 Å². The van der Waals surface area contributed by atoms with E-state index in [1.807, 2.05) is 20.8 Å². The van der Waals surface area contributed by atoms with Gasteiger partial charge in [-0.3, -0.25) is 57.7 Å². The average Bonchev–Trinajstić information content (AvgIpc) is 1.74. The van der Waals surface area contributed by atoms with Gasteiger partial charge < -0.3 is 84.9 Å². The van der Waals surface area contributed by atoms with Gasteiger partial charge in [0.05, 0.1) is 12.4 Å². The van der Waals surface area contributed by atoms with E-state index in [9.17, 15) is 62.6 Å². The first-order chi connectivity index (χ1) is 45.0. The van der Waals surface area contributed by atoms with E-state index in [0.717, 1.165) is 0 Å². The van der Waals surface area contributed by atoms with Gasteiger partial charge in [0.1, 0.15) is 66.5 Å². The third-order valence-corrected chi connectivity index (χ3v) is 17.7. The van der Waals surface area contributed by atoms with Crippen molar-refractivity contribution >= 4 is 102 Å². The molecule has 528 valence electrons. The molecule has 2 aromatic rings. The Balaban J connectivity index is 1.45. The monoisotopic (exact) mass is 1370 g/mol. The molecule has 95 heavy (non-hydrogen) atoms. The van der Waals surface area contributed by atoms with Crippen molar-refractivity contribution in [3.05, 3.63) is 54.1 Å². The lowest BCUT2D eigenvalue weighted by molar-refractivity contribution is -0.145. The number of carbonyl (C=O) groups excluding carboxylic acids is 11. The maximum atomic E-state index is 14.8. The number of amides is 11. The first-order valence-corrected chi connectivity index (χ1v) is 33.8. The number of H-pyrrole nitrogens is 1. The number of rotatable bonds is 38. The zero-order valence-corrected chi connectivity index (χ0v) is 57.6. The van der Waals surface area contributed by atoms with E-state index in [4.69, 9.17) is 17.2 Å². The maximum Gasteiger partial charge on any atom is 0.326 e. The van der Waals surface area contributed by atoms with Crippen LogP contribution in [0, 0.1) is 23.7 Å². The molecule has 0 radical (unpaired) electrons. The van der Waals surface area contributed by atoms with Crippen LogP contribution in [0.3, 0.4) is 0 Å². The Labute approximate surface area is 566 Å². The fourth-order valence-corrected chi connectivity index (χ4v) is 11.5. The highest BCUT2D eigenvalue weighted by Gasteiger charge is 2.44. The molecule has 32 heteroatoms. The summed E-state index contributed by atoms with van der Waals surface area (Å²) in [6.45, 7) is 16.2. The maximum absolute atomic E-state index is 14.8. The topological polar surface area (TPSA) is 459 Å². The minimum atomic E-state index is -1.37. The van der Waals surface area contributed by atoms with Gasteiger partial charge in [-0.25, -0.2) is 9.78 Å². The van der Waals surface area contributed by atoms with Crippen molar-refractivity contribution in [2.24, 2.45) is 45.9 Å². The summed E-state index contributed by atoms with van der Waals surface area (Å²) in [4.78, 5) is 180. The molecular formula is C63H101N17O13S2. The van der Waals surface area contributed by atoms with Crippen molar-refractivity contribution in [3.63, 3.8) is 0 Å². The number of guanidine groups is 1. The molecule has 14 atom stereocenters. The van der Waals surface area contributed by atoms with Gasteiger partial charge in [-0.15, -0.1) is 0 Å². The van der Waals surface area contributed by atoms with E-state index in [1.54, 1.807) is 65.0 Å².